The van der Waals surface area contributed by atoms with Crippen LogP contribution in [-0.2, 0) is 6.54 Å². The van der Waals surface area contributed by atoms with Crippen molar-refractivity contribution in [1.82, 2.24) is 14.7 Å². The molecule has 4 nitrogen and oxygen atoms in total. The van der Waals surface area contributed by atoms with Crippen LogP contribution in [0.4, 0.5) is 0 Å². The van der Waals surface area contributed by atoms with Gasteiger partial charge in [-0.2, -0.15) is 5.10 Å². The Kier molecular flexibility index (Phi) is 6.43. The average Bonchev–Trinajstić information content (AvgIpc) is 2.96. The first kappa shape index (κ1) is 20.2. The molecule has 0 spiro atoms. The summed E-state index contributed by atoms with van der Waals surface area (Å²) in [7, 11) is 0. The first-order valence-corrected chi connectivity index (χ1v) is 11.1. The smallest absolute Gasteiger partial charge is 0.167 e. The molecule has 5 heteroatoms. The van der Waals surface area contributed by atoms with E-state index in [1.807, 2.05) is 24.3 Å². The van der Waals surface area contributed by atoms with Gasteiger partial charge in [-0.15, -0.1) is 11.8 Å². The van der Waals surface area contributed by atoms with Crippen molar-refractivity contribution in [3.63, 3.8) is 0 Å². The summed E-state index contributed by atoms with van der Waals surface area (Å²) in [6.45, 7) is 11.4. The molecule has 1 fully saturated rings. The first-order chi connectivity index (χ1) is 12.9. The number of nitrogens with zero attached hydrogens (tertiary/aromatic N) is 3. The molecule has 2 aromatic rings. The number of carbonyl (C=O) groups excluding carboxylic acids is 1. The fourth-order valence-electron chi connectivity index (χ4n) is 4.06. The zero-order valence-electron chi connectivity index (χ0n) is 17.2. The lowest BCUT2D eigenvalue weighted by molar-refractivity contribution is 0.0811. The van der Waals surface area contributed by atoms with Gasteiger partial charge in [-0.3, -0.25) is 14.4 Å². The Balaban J connectivity index is 1.70. The predicted octanol–water partition coefficient (Wildman–Crippen LogP) is 4.90. The summed E-state index contributed by atoms with van der Waals surface area (Å²) in [5.74, 6) is 0.387. The van der Waals surface area contributed by atoms with Crippen molar-refractivity contribution in [3.8, 4) is 0 Å². The average molecular weight is 386 g/mol. The van der Waals surface area contributed by atoms with Crippen molar-refractivity contribution in [2.24, 2.45) is 5.92 Å². The summed E-state index contributed by atoms with van der Waals surface area (Å²) in [5.41, 5.74) is 4.53. The van der Waals surface area contributed by atoms with E-state index in [-0.39, 0.29) is 5.92 Å². The Labute approximate surface area is 167 Å². The van der Waals surface area contributed by atoms with E-state index in [4.69, 9.17) is 5.10 Å². The molecule has 1 atom stereocenters. The molecule has 0 N–H and O–H groups in total. The van der Waals surface area contributed by atoms with Gasteiger partial charge < -0.3 is 0 Å². The summed E-state index contributed by atoms with van der Waals surface area (Å²) in [6.07, 6.45) is 4.12. The highest BCUT2D eigenvalue weighted by atomic mass is 32.2. The van der Waals surface area contributed by atoms with Crippen LogP contribution in [0.3, 0.4) is 0 Å². The largest absolute Gasteiger partial charge is 0.298 e. The molecule has 0 unspecified atom stereocenters. The minimum Gasteiger partial charge on any atom is -0.298 e. The van der Waals surface area contributed by atoms with Crippen LogP contribution in [0.15, 0.2) is 29.2 Å². The Morgan fingerprint density at radius 3 is 2.56 bits per heavy atom. The highest BCUT2D eigenvalue weighted by Crippen LogP contribution is 2.26. The minimum absolute atomic E-state index is 0.0969. The second-order valence-corrected chi connectivity index (χ2v) is 8.73. The van der Waals surface area contributed by atoms with Crippen molar-refractivity contribution in [2.45, 2.75) is 58.0 Å². The van der Waals surface area contributed by atoms with Crippen LogP contribution in [0.1, 0.15) is 60.0 Å². The monoisotopic (exact) mass is 385 g/mol. The van der Waals surface area contributed by atoms with E-state index in [1.54, 1.807) is 11.8 Å². The van der Waals surface area contributed by atoms with Crippen LogP contribution in [-0.4, -0.2) is 39.8 Å². The third kappa shape index (κ3) is 4.46. The summed E-state index contributed by atoms with van der Waals surface area (Å²) >= 11 is 1.71. The summed E-state index contributed by atoms with van der Waals surface area (Å²) < 4.78 is 2.12. The van der Waals surface area contributed by atoms with Gasteiger partial charge in [0.05, 0.1) is 5.69 Å². The van der Waals surface area contributed by atoms with Crippen molar-refractivity contribution < 1.29 is 4.79 Å². The van der Waals surface area contributed by atoms with E-state index < -0.39 is 0 Å². The fraction of sp³-hybridized carbons (Fsp3) is 0.545. The summed E-state index contributed by atoms with van der Waals surface area (Å²) in [6, 6.07) is 8.43. The molecule has 1 saturated heterocycles. The van der Waals surface area contributed by atoms with Crippen LogP contribution < -0.4 is 0 Å². The highest BCUT2D eigenvalue weighted by Gasteiger charge is 2.27. The molecule has 3 rings (SSSR count). The maximum absolute atomic E-state index is 13.0. The number of rotatable bonds is 6. The van der Waals surface area contributed by atoms with E-state index >= 15 is 0 Å². The van der Waals surface area contributed by atoms with Crippen LogP contribution in [0.25, 0.3) is 0 Å². The van der Waals surface area contributed by atoms with E-state index in [1.165, 1.54) is 16.2 Å². The van der Waals surface area contributed by atoms with Crippen molar-refractivity contribution in [2.75, 3.05) is 19.3 Å². The van der Waals surface area contributed by atoms with Crippen LogP contribution in [0.2, 0.25) is 0 Å². The lowest BCUT2D eigenvalue weighted by atomic mass is 9.90. The van der Waals surface area contributed by atoms with E-state index in [9.17, 15) is 4.79 Å². The minimum atomic E-state index is 0.0969. The molecule has 146 valence electrons. The summed E-state index contributed by atoms with van der Waals surface area (Å²) in [4.78, 5) is 16.6. The Hall–Kier alpha value is -1.59. The predicted molar refractivity (Wildman–Crippen MR) is 113 cm³/mol. The molecular weight excluding hydrogens is 354 g/mol. The number of piperidine rings is 1. The van der Waals surface area contributed by atoms with Crippen molar-refractivity contribution in [3.05, 3.63) is 46.8 Å². The maximum atomic E-state index is 13.0. The third-order valence-electron chi connectivity index (χ3n) is 5.60. The van der Waals surface area contributed by atoms with E-state index in [0.29, 0.717) is 11.8 Å². The Morgan fingerprint density at radius 2 is 1.96 bits per heavy atom. The van der Waals surface area contributed by atoms with Crippen LogP contribution in [0, 0.1) is 19.8 Å². The zero-order valence-corrected chi connectivity index (χ0v) is 18.0. The fourth-order valence-corrected chi connectivity index (χ4v) is 4.46. The molecule has 1 aliphatic heterocycles. The number of aromatic nitrogens is 2. The molecule has 1 aliphatic rings. The molecule has 0 aliphatic carbocycles. The van der Waals surface area contributed by atoms with Crippen molar-refractivity contribution in [1.29, 1.82) is 0 Å². The van der Waals surface area contributed by atoms with Gasteiger partial charge in [-0.1, -0.05) is 12.1 Å². The zero-order chi connectivity index (χ0) is 19.6. The lowest BCUT2D eigenvalue weighted by Gasteiger charge is -2.32. The SMILES string of the molecule is CSc1ccc(C(=O)[C@H]2CCCN(Cc3c(C)nn(C(C)C)c3C)C2)cc1. The Morgan fingerprint density at radius 1 is 1.26 bits per heavy atom. The van der Waals surface area contributed by atoms with Crippen LogP contribution >= 0.6 is 11.8 Å². The van der Waals surface area contributed by atoms with Gasteiger partial charge in [-0.05, 0) is 65.5 Å². The van der Waals surface area contributed by atoms with Crippen LogP contribution in [0.5, 0.6) is 0 Å². The van der Waals surface area contributed by atoms with E-state index in [2.05, 4.69) is 43.5 Å². The highest BCUT2D eigenvalue weighted by molar-refractivity contribution is 7.98. The number of carbonyl (C=O) groups is 1. The Bertz CT molecular complexity index is 795. The molecule has 0 amide bonds. The molecule has 1 aromatic carbocycles. The number of benzene rings is 1. The number of thioether (sulfide) groups is 1. The molecule has 27 heavy (non-hydrogen) atoms. The van der Waals surface area contributed by atoms with Crippen molar-refractivity contribution >= 4 is 17.5 Å². The molecule has 2 heterocycles. The quantitative estimate of drug-likeness (QED) is 0.524. The van der Waals surface area contributed by atoms with Gasteiger partial charge >= 0.3 is 0 Å². The number of likely N-dealkylation sites (tertiary alicyclic amines) is 1. The molecule has 0 bridgehead atoms. The van der Waals surface area contributed by atoms with Gasteiger partial charge in [0.1, 0.15) is 0 Å². The number of aryl methyl sites for hydroxylation is 1. The second-order valence-electron chi connectivity index (χ2n) is 7.85. The second kappa shape index (κ2) is 8.61. The number of hydrogen-bond donors (Lipinski definition) is 0. The molecule has 0 saturated carbocycles. The van der Waals surface area contributed by atoms with E-state index in [0.717, 1.165) is 43.7 Å². The summed E-state index contributed by atoms with van der Waals surface area (Å²) in [5, 5.41) is 4.71. The normalized spacial score (nSPS) is 18.2. The van der Waals surface area contributed by atoms with Gasteiger partial charge in [0.2, 0.25) is 0 Å². The molecule has 0 radical (unpaired) electrons. The molecular formula is C22H31N3OS. The van der Waals surface area contributed by atoms with Gasteiger partial charge in [-0.25, -0.2) is 0 Å². The third-order valence-corrected chi connectivity index (χ3v) is 6.34. The number of hydrogen-bond acceptors (Lipinski definition) is 4. The lowest BCUT2D eigenvalue weighted by Crippen LogP contribution is -2.38. The number of Topliss-reactive ketones (excluding diaryl/α,β-unsaturated/α-hetero) is 1. The van der Waals surface area contributed by atoms with Gasteiger partial charge in [0.15, 0.2) is 5.78 Å². The van der Waals surface area contributed by atoms with Gasteiger partial charge in [0, 0.05) is 46.8 Å². The van der Waals surface area contributed by atoms with Gasteiger partial charge in [0.25, 0.3) is 0 Å². The first-order valence-electron chi connectivity index (χ1n) is 9.86. The molecule has 1 aromatic heterocycles. The number of ketones is 1. The standard InChI is InChI=1S/C22H31N3OS/c1-15(2)25-17(4)21(16(3)23-25)14-24-12-6-7-19(13-24)22(26)18-8-10-20(27-5)11-9-18/h8-11,15,19H,6-7,12-14H2,1-5H3/t19-/m0/s1. The topological polar surface area (TPSA) is 38.1 Å². The maximum Gasteiger partial charge on any atom is 0.167 e.